The largest absolute Gasteiger partial charge is 0.381 e. The van der Waals surface area contributed by atoms with Crippen LogP contribution in [0, 0.1) is 21.6 Å². The summed E-state index contributed by atoms with van der Waals surface area (Å²) in [6.45, 7) is 11.7. The lowest BCUT2D eigenvalue weighted by Gasteiger charge is -2.25. The van der Waals surface area contributed by atoms with Gasteiger partial charge in [-0.05, 0) is 28.5 Å². The van der Waals surface area contributed by atoms with Crippen molar-refractivity contribution in [1.82, 2.24) is 0 Å². The molecule has 0 amide bonds. The molecule has 0 heterocycles. The number of rotatable bonds is 2. The highest BCUT2D eigenvalue weighted by atomic mass is 16.6. The van der Waals surface area contributed by atoms with Gasteiger partial charge in [-0.1, -0.05) is 41.5 Å². The SMILES string of the molecule is CC(C)(C)c1cc(OC#N)c([N+](=O)[O-])c(C(C)(C)C)c1. The van der Waals surface area contributed by atoms with Gasteiger partial charge in [0.1, 0.15) is 0 Å². The van der Waals surface area contributed by atoms with Crippen LogP contribution in [0.15, 0.2) is 12.1 Å². The molecule has 0 atom stereocenters. The maximum atomic E-state index is 11.3. The third-order valence-electron chi connectivity index (χ3n) is 3.09. The molecule has 0 saturated heterocycles. The molecule has 0 aliphatic rings. The Morgan fingerprint density at radius 1 is 1.15 bits per heavy atom. The van der Waals surface area contributed by atoms with Crippen molar-refractivity contribution in [2.75, 3.05) is 0 Å². The summed E-state index contributed by atoms with van der Waals surface area (Å²) in [5, 5.41) is 20.1. The zero-order chi connectivity index (χ0) is 15.7. The number of hydrogen-bond donors (Lipinski definition) is 0. The van der Waals surface area contributed by atoms with E-state index in [4.69, 9.17) is 10.00 Å². The molecule has 0 radical (unpaired) electrons. The molecular weight excluding hydrogens is 256 g/mol. The first kappa shape index (κ1) is 16.0. The van der Waals surface area contributed by atoms with Crippen LogP contribution in [0.5, 0.6) is 5.75 Å². The lowest BCUT2D eigenvalue weighted by Crippen LogP contribution is -2.18. The molecule has 0 aliphatic carbocycles. The highest BCUT2D eigenvalue weighted by molar-refractivity contribution is 5.58. The second kappa shape index (κ2) is 5.12. The summed E-state index contributed by atoms with van der Waals surface area (Å²) in [7, 11) is 0. The van der Waals surface area contributed by atoms with Gasteiger partial charge in [-0.15, -0.1) is 5.26 Å². The van der Waals surface area contributed by atoms with Crippen LogP contribution in [0.25, 0.3) is 0 Å². The minimum Gasteiger partial charge on any atom is -0.381 e. The van der Waals surface area contributed by atoms with Gasteiger partial charge in [0.05, 0.1) is 4.92 Å². The standard InChI is InChI=1S/C15H20N2O3/c1-14(2,3)10-7-11(15(4,5)6)13(17(18)19)12(8-10)20-9-16/h7-8H,1-6H3. The van der Waals surface area contributed by atoms with E-state index in [1.807, 2.05) is 47.6 Å². The summed E-state index contributed by atoms with van der Waals surface area (Å²) in [6.07, 6.45) is 1.53. The molecule has 0 aromatic heterocycles. The van der Waals surface area contributed by atoms with Crippen molar-refractivity contribution in [3.63, 3.8) is 0 Å². The van der Waals surface area contributed by atoms with Gasteiger partial charge >= 0.3 is 5.69 Å². The van der Waals surface area contributed by atoms with E-state index in [0.717, 1.165) is 5.56 Å². The minimum atomic E-state index is -0.486. The molecule has 5 nitrogen and oxygen atoms in total. The van der Waals surface area contributed by atoms with Crippen molar-refractivity contribution in [1.29, 1.82) is 5.26 Å². The van der Waals surface area contributed by atoms with E-state index in [9.17, 15) is 10.1 Å². The average molecular weight is 276 g/mol. The van der Waals surface area contributed by atoms with Crippen LogP contribution in [-0.2, 0) is 10.8 Å². The molecule has 1 aromatic rings. The topological polar surface area (TPSA) is 76.2 Å². The maximum absolute atomic E-state index is 11.3. The zero-order valence-electron chi connectivity index (χ0n) is 12.8. The number of nitro groups is 1. The van der Waals surface area contributed by atoms with E-state index in [1.54, 1.807) is 6.07 Å². The van der Waals surface area contributed by atoms with Gasteiger partial charge in [-0.2, -0.15) is 0 Å². The van der Waals surface area contributed by atoms with Gasteiger partial charge in [0.25, 0.3) is 6.26 Å². The summed E-state index contributed by atoms with van der Waals surface area (Å²) in [4.78, 5) is 10.9. The molecule has 5 heteroatoms. The molecule has 1 rings (SSSR count). The number of benzene rings is 1. The maximum Gasteiger partial charge on any atom is 0.316 e. The molecule has 0 fully saturated rings. The number of ether oxygens (including phenoxy) is 1. The van der Waals surface area contributed by atoms with Crippen LogP contribution in [0.4, 0.5) is 5.69 Å². The molecule has 108 valence electrons. The van der Waals surface area contributed by atoms with Crippen molar-refractivity contribution < 1.29 is 9.66 Å². The van der Waals surface area contributed by atoms with Crippen molar-refractivity contribution in [2.45, 2.75) is 52.4 Å². The molecule has 20 heavy (non-hydrogen) atoms. The fraction of sp³-hybridized carbons (Fsp3) is 0.533. The van der Waals surface area contributed by atoms with Gasteiger partial charge in [0.15, 0.2) is 0 Å². The highest BCUT2D eigenvalue weighted by Gasteiger charge is 2.32. The molecule has 0 aliphatic heterocycles. The van der Waals surface area contributed by atoms with Crippen molar-refractivity contribution in [2.24, 2.45) is 0 Å². The average Bonchev–Trinajstić information content (AvgIpc) is 2.25. The third-order valence-corrected chi connectivity index (χ3v) is 3.09. The van der Waals surface area contributed by atoms with E-state index in [-0.39, 0.29) is 16.9 Å². The van der Waals surface area contributed by atoms with Crippen LogP contribution in [0.1, 0.15) is 52.7 Å². The van der Waals surface area contributed by atoms with Gasteiger partial charge in [0, 0.05) is 5.56 Å². The fourth-order valence-corrected chi connectivity index (χ4v) is 1.93. The lowest BCUT2D eigenvalue weighted by molar-refractivity contribution is -0.386. The third kappa shape index (κ3) is 3.27. The van der Waals surface area contributed by atoms with Crippen LogP contribution in [0.2, 0.25) is 0 Å². The van der Waals surface area contributed by atoms with Gasteiger partial charge in [0.2, 0.25) is 5.75 Å². The predicted octanol–water partition coefficient (Wildman–Crippen LogP) is 4.05. The van der Waals surface area contributed by atoms with Crippen molar-refractivity contribution >= 4 is 5.69 Å². The smallest absolute Gasteiger partial charge is 0.316 e. The Bertz CT molecular complexity index is 572. The fourth-order valence-electron chi connectivity index (χ4n) is 1.93. The van der Waals surface area contributed by atoms with Crippen molar-refractivity contribution in [3.8, 4) is 12.0 Å². The second-order valence-corrected chi connectivity index (χ2v) is 6.82. The normalized spacial score (nSPS) is 11.8. The van der Waals surface area contributed by atoms with Crippen molar-refractivity contribution in [3.05, 3.63) is 33.4 Å². The van der Waals surface area contributed by atoms with Crippen LogP contribution in [-0.4, -0.2) is 4.92 Å². The van der Waals surface area contributed by atoms with E-state index in [0.29, 0.717) is 5.56 Å². The van der Waals surface area contributed by atoms with E-state index in [1.165, 1.54) is 6.26 Å². The summed E-state index contributed by atoms with van der Waals surface area (Å²) in [6, 6.07) is 3.42. The van der Waals surface area contributed by atoms with Gasteiger partial charge in [-0.25, -0.2) is 0 Å². The Labute approximate surface area is 119 Å². The second-order valence-electron chi connectivity index (χ2n) is 6.82. The van der Waals surface area contributed by atoms with Gasteiger partial charge in [-0.3, -0.25) is 10.1 Å². The zero-order valence-corrected chi connectivity index (χ0v) is 12.8. The Kier molecular flexibility index (Phi) is 4.09. The van der Waals surface area contributed by atoms with E-state index >= 15 is 0 Å². The molecule has 0 unspecified atom stereocenters. The first-order valence-corrected chi connectivity index (χ1v) is 6.38. The first-order valence-electron chi connectivity index (χ1n) is 6.38. The summed E-state index contributed by atoms with van der Waals surface area (Å²) >= 11 is 0. The summed E-state index contributed by atoms with van der Waals surface area (Å²) in [5.74, 6) is 0.00912. The Morgan fingerprint density at radius 2 is 1.70 bits per heavy atom. The van der Waals surface area contributed by atoms with Crippen LogP contribution in [0.3, 0.4) is 0 Å². The number of hydrogen-bond acceptors (Lipinski definition) is 4. The Morgan fingerprint density at radius 3 is 2.05 bits per heavy atom. The predicted molar refractivity (Wildman–Crippen MR) is 76.7 cm³/mol. The monoisotopic (exact) mass is 276 g/mol. The summed E-state index contributed by atoms with van der Waals surface area (Å²) in [5.41, 5.74) is 0.727. The minimum absolute atomic E-state index is 0.00912. The number of nitro benzene ring substituents is 1. The molecular formula is C15H20N2O3. The Balaban J connectivity index is 3.74. The quantitative estimate of drug-likeness (QED) is 0.464. The molecule has 0 saturated carbocycles. The molecule has 0 bridgehead atoms. The van der Waals surface area contributed by atoms with Gasteiger partial charge < -0.3 is 4.74 Å². The summed E-state index contributed by atoms with van der Waals surface area (Å²) < 4.78 is 4.83. The molecule has 1 aromatic carbocycles. The molecule has 0 N–H and O–H groups in total. The number of nitrogens with zero attached hydrogens (tertiary/aromatic N) is 2. The van der Waals surface area contributed by atoms with Crippen LogP contribution >= 0.6 is 0 Å². The highest BCUT2D eigenvalue weighted by Crippen LogP contribution is 2.41. The Hall–Kier alpha value is -2.09. The lowest BCUT2D eigenvalue weighted by atomic mass is 9.79. The van der Waals surface area contributed by atoms with E-state index in [2.05, 4.69) is 0 Å². The van der Waals surface area contributed by atoms with E-state index < -0.39 is 10.3 Å². The first-order chi connectivity index (χ1) is 8.98. The number of nitriles is 1. The molecule has 0 spiro atoms. The van der Waals surface area contributed by atoms with Crippen LogP contribution < -0.4 is 4.74 Å².